The second kappa shape index (κ2) is 7.77. The molecule has 0 aliphatic rings. The molecular weight excluding hydrogens is 384 g/mol. The summed E-state index contributed by atoms with van der Waals surface area (Å²) in [5.74, 6) is -0.206. The zero-order valence-corrected chi connectivity index (χ0v) is 16.5. The van der Waals surface area contributed by atoms with E-state index in [1.807, 2.05) is 53.2 Å². The number of anilines is 1. The Labute approximate surface area is 171 Å². The molecule has 0 saturated heterocycles. The number of fused-ring (bicyclic) bond motifs is 1. The summed E-state index contributed by atoms with van der Waals surface area (Å²) in [6, 6.07) is 18.9. The average Bonchev–Trinajstić information content (AvgIpc) is 3.28. The molecule has 0 saturated carbocycles. The van der Waals surface area contributed by atoms with E-state index < -0.39 is 5.91 Å². The minimum Gasteiger partial charge on any atom is -0.496 e. The highest BCUT2D eigenvalue weighted by atomic mass is 32.1. The van der Waals surface area contributed by atoms with E-state index in [-0.39, 0.29) is 5.91 Å². The first kappa shape index (κ1) is 18.7. The van der Waals surface area contributed by atoms with Crippen LogP contribution in [0.2, 0.25) is 0 Å². The average molecular weight is 402 g/mol. The van der Waals surface area contributed by atoms with E-state index in [1.165, 1.54) is 18.4 Å². The van der Waals surface area contributed by atoms with Crippen molar-refractivity contribution in [3.63, 3.8) is 0 Å². The quantitative estimate of drug-likeness (QED) is 0.497. The summed E-state index contributed by atoms with van der Waals surface area (Å²) in [5, 5.41) is 8.63. The summed E-state index contributed by atoms with van der Waals surface area (Å²) in [7, 11) is 1.51. The van der Waals surface area contributed by atoms with Crippen molar-refractivity contribution in [3.05, 3.63) is 82.6 Å². The van der Waals surface area contributed by atoms with Gasteiger partial charge in [-0.25, -0.2) is 0 Å². The minimum absolute atomic E-state index is 0.126. The molecule has 144 valence electrons. The van der Waals surface area contributed by atoms with Crippen LogP contribution in [0.3, 0.4) is 0 Å². The Balaban J connectivity index is 1.64. The number of benzene rings is 3. The molecule has 3 aromatic carbocycles. The van der Waals surface area contributed by atoms with Gasteiger partial charge in [0.25, 0.3) is 11.8 Å². The van der Waals surface area contributed by atoms with Gasteiger partial charge in [-0.1, -0.05) is 24.3 Å². The number of methoxy groups -OCH3 is 1. The molecule has 5 nitrogen and oxygen atoms in total. The number of ether oxygens (including phenoxy) is 1. The molecule has 1 heterocycles. The molecule has 6 heteroatoms. The molecule has 0 atom stereocenters. The summed E-state index contributed by atoms with van der Waals surface area (Å²) in [6.07, 6.45) is 0. The predicted molar refractivity (Wildman–Crippen MR) is 117 cm³/mol. The van der Waals surface area contributed by atoms with Crippen LogP contribution in [-0.2, 0) is 0 Å². The highest BCUT2D eigenvalue weighted by molar-refractivity contribution is 7.08. The van der Waals surface area contributed by atoms with E-state index in [9.17, 15) is 9.59 Å². The first-order valence-corrected chi connectivity index (χ1v) is 9.85. The molecule has 4 rings (SSSR count). The van der Waals surface area contributed by atoms with Crippen LogP contribution in [-0.4, -0.2) is 18.9 Å². The second-order valence-corrected chi connectivity index (χ2v) is 7.30. The topological polar surface area (TPSA) is 81.4 Å². The minimum atomic E-state index is -0.532. The summed E-state index contributed by atoms with van der Waals surface area (Å²) in [4.78, 5) is 23.9. The van der Waals surface area contributed by atoms with Crippen molar-refractivity contribution in [3.8, 4) is 16.9 Å². The lowest BCUT2D eigenvalue weighted by molar-refractivity contribution is 0.0995. The van der Waals surface area contributed by atoms with Gasteiger partial charge >= 0.3 is 0 Å². The molecule has 0 bridgehead atoms. The van der Waals surface area contributed by atoms with Crippen LogP contribution in [0, 0.1) is 0 Å². The highest BCUT2D eigenvalue weighted by Crippen LogP contribution is 2.30. The number of thiophene rings is 1. The largest absolute Gasteiger partial charge is 0.496 e. The van der Waals surface area contributed by atoms with Gasteiger partial charge in [0.05, 0.1) is 18.2 Å². The van der Waals surface area contributed by atoms with Crippen molar-refractivity contribution >= 4 is 39.6 Å². The third-order valence-electron chi connectivity index (χ3n) is 4.68. The van der Waals surface area contributed by atoms with E-state index in [1.54, 1.807) is 18.2 Å². The highest BCUT2D eigenvalue weighted by Gasteiger charge is 2.11. The van der Waals surface area contributed by atoms with Crippen molar-refractivity contribution in [2.75, 3.05) is 12.4 Å². The zero-order chi connectivity index (χ0) is 20.4. The molecule has 2 amide bonds. The summed E-state index contributed by atoms with van der Waals surface area (Å²) < 4.78 is 5.20. The van der Waals surface area contributed by atoms with Crippen LogP contribution in [0.4, 0.5) is 5.69 Å². The molecule has 0 radical (unpaired) electrons. The molecule has 0 unspecified atom stereocenters. The van der Waals surface area contributed by atoms with E-state index in [2.05, 4.69) is 5.32 Å². The van der Waals surface area contributed by atoms with E-state index >= 15 is 0 Å². The smallest absolute Gasteiger partial charge is 0.256 e. The lowest BCUT2D eigenvalue weighted by Crippen LogP contribution is -2.12. The molecule has 4 aromatic rings. The summed E-state index contributed by atoms with van der Waals surface area (Å²) in [6.45, 7) is 0. The van der Waals surface area contributed by atoms with Crippen molar-refractivity contribution in [2.45, 2.75) is 0 Å². The Morgan fingerprint density at radius 2 is 1.66 bits per heavy atom. The SMILES string of the molecule is COc1ccc(-c2ccc3cc(NC(=O)c4ccsc4)ccc3c2)cc1C(N)=O. The number of hydrogen-bond acceptors (Lipinski definition) is 4. The van der Waals surface area contributed by atoms with Crippen LogP contribution in [0.1, 0.15) is 20.7 Å². The molecule has 0 aliphatic carbocycles. The molecule has 29 heavy (non-hydrogen) atoms. The van der Waals surface area contributed by atoms with Crippen molar-refractivity contribution in [1.82, 2.24) is 0 Å². The number of amides is 2. The number of rotatable bonds is 5. The van der Waals surface area contributed by atoms with Crippen molar-refractivity contribution in [2.24, 2.45) is 5.73 Å². The standard InChI is InChI=1S/C23H18N2O3S/c1-28-21-7-5-17(12-20(21)22(24)26)14-2-3-16-11-19(6-4-15(16)10-14)25-23(27)18-8-9-29-13-18/h2-13H,1H3,(H2,24,26)(H,25,27). The van der Waals surface area contributed by atoms with Gasteiger partial charge in [0, 0.05) is 11.1 Å². The Morgan fingerprint density at radius 1 is 0.931 bits per heavy atom. The maximum atomic E-state index is 12.2. The Morgan fingerprint density at radius 3 is 2.38 bits per heavy atom. The summed E-state index contributed by atoms with van der Waals surface area (Å²) >= 11 is 1.49. The van der Waals surface area contributed by atoms with Gasteiger partial charge in [-0.3, -0.25) is 9.59 Å². The van der Waals surface area contributed by atoms with Crippen LogP contribution in [0.25, 0.3) is 21.9 Å². The number of carbonyl (C=O) groups excluding carboxylic acids is 2. The van der Waals surface area contributed by atoms with E-state index in [4.69, 9.17) is 10.5 Å². The fourth-order valence-electron chi connectivity index (χ4n) is 3.18. The first-order chi connectivity index (χ1) is 14.0. The van der Waals surface area contributed by atoms with Gasteiger partial charge < -0.3 is 15.8 Å². The van der Waals surface area contributed by atoms with Gasteiger partial charge in [-0.2, -0.15) is 11.3 Å². The lowest BCUT2D eigenvalue weighted by Gasteiger charge is -2.10. The Bertz CT molecular complexity index is 1220. The van der Waals surface area contributed by atoms with E-state index in [0.29, 0.717) is 16.9 Å². The van der Waals surface area contributed by atoms with Crippen molar-refractivity contribution < 1.29 is 14.3 Å². The Hall–Kier alpha value is -3.64. The monoisotopic (exact) mass is 402 g/mol. The third kappa shape index (κ3) is 3.83. The fourth-order valence-corrected chi connectivity index (χ4v) is 3.82. The van der Waals surface area contributed by atoms with Crippen LogP contribution < -0.4 is 15.8 Å². The van der Waals surface area contributed by atoms with E-state index in [0.717, 1.165) is 27.6 Å². The molecule has 3 N–H and O–H groups in total. The second-order valence-electron chi connectivity index (χ2n) is 6.52. The number of primary amides is 1. The zero-order valence-electron chi connectivity index (χ0n) is 15.6. The van der Waals surface area contributed by atoms with Gasteiger partial charge in [-0.15, -0.1) is 0 Å². The molecule has 0 spiro atoms. The maximum Gasteiger partial charge on any atom is 0.256 e. The normalized spacial score (nSPS) is 10.7. The fraction of sp³-hybridized carbons (Fsp3) is 0.0435. The molecule has 0 fully saturated rings. The first-order valence-electron chi connectivity index (χ1n) is 8.91. The van der Waals surface area contributed by atoms with Crippen LogP contribution in [0.15, 0.2) is 71.4 Å². The number of hydrogen-bond donors (Lipinski definition) is 2. The number of carbonyl (C=O) groups is 2. The van der Waals surface area contributed by atoms with Crippen molar-refractivity contribution in [1.29, 1.82) is 0 Å². The van der Waals surface area contributed by atoms with Gasteiger partial charge in [-0.05, 0) is 63.7 Å². The van der Waals surface area contributed by atoms with Crippen LogP contribution >= 0.6 is 11.3 Å². The number of nitrogens with one attached hydrogen (secondary N) is 1. The van der Waals surface area contributed by atoms with Gasteiger partial charge in [0.15, 0.2) is 0 Å². The third-order valence-corrected chi connectivity index (χ3v) is 5.36. The van der Waals surface area contributed by atoms with Gasteiger partial charge in [0.1, 0.15) is 5.75 Å². The van der Waals surface area contributed by atoms with Crippen LogP contribution in [0.5, 0.6) is 5.75 Å². The lowest BCUT2D eigenvalue weighted by atomic mass is 9.99. The molecular formula is C23H18N2O3S. The maximum absolute atomic E-state index is 12.2. The Kier molecular flexibility index (Phi) is 5.01. The number of nitrogens with two attached hydrogens (primary N) is 1. The predicted octanol–water partition coefficient (Wildman–Crippen LogP) is 4.93. The van der Waals surface area contributed by atoms with Gasteiger partial charge in [0.2, 0.25) is 0 Å². The molecule has 1 aromatic heterocycles. The molecule has 0 aliphatic heterocycles. The summed E-state index contributed by atoms with van der Waals surface area (Å²) in [5.41, 5.74) is 9.02.